The monoisotopic (exact) mass is 222 g/mol. The normalized spacial score (nSPS) is 9.88. The van der Waals surface area contributed by atoms with Crippen molar-refractivity contribution in [2.24, 2.45) is 5.73 Å². The third-order valence-corrected chi connectivity index (χ3v) is 2.28. The van der Waals surface area contributed by atoms with Crippen LogP contribution in [0.5, 0.6) is 5.75 Å². The first kappa shape index (κ1) is 12.5. The van der Waals surface area contributed by atoms with Crippen LogP contribution in [-0.2, 0) is 11.3 Å². The molecule has 0 aliphatic heterocycles. The molecule has 4 heteroatoms. The predicted molar refractivity (Wildman–Crippen MR) is 63.1 cm³/mol. The number of ether oxygens (including phenoxy) is 1. The average Bonchev–Trinajstić information content (AvgIpc) is 2.34. The summed E-state index contributed by atoms with van der Waals surface area (Å²) in [5, 5.41) is 2.57. The molecule has 0 spiro atoms. The highest BCUT2D eigenvalue weighted by atomic mass is 16.5. The van der Waals surface area contributed by atoms with Crippen molar-refractivity contribution in [3.8, 4) is 5.75 Å². The lowest BCUT2D eigenvalue weighted by Gasteiger charge is -2.09. The number of amides is 1. The van der Waals surface area contributed by atoms with Crippen LogP contribution >= 0.6 is 0 Å². The SMILES string of the molecule is CNC(=O)CCCOc1ccccc1CN. The summed E-state index contributed by atoms with van der Waals surface area (Å²) in [6, 6.07) is 7.67. The Morgan fingerprint density at radius 1 is 1.44 bits per heavy atom. The van der Waals surface area contributed by atoms with Crippen molar-refractivity contribution < 1.29 is 9.53 Å². The van der Waals surface area contributed by atoms with Crippen molar-refractivity contribution in [1.82, 2.24) is 5.32 Å². The summed E-state index contributed by atoms with van der Waals surface area (Å²) in [6.45, 7) is 0.996. The van der Waals surface area contributed by atoms with Crippen LogP contribution in [0.2, 0.25) is 0 Å². The molecule has 0 aromatic heterocycles. The average molecular weight is 222 g/mol. The fraction of sp³-hybridized carbons (Fsp3) is 0.417. The molecule has 4 nitrogen and oxygen atoms in total. The first-order chi connectivity index (χ1) is 7.77. The van der Waals surface area contributed by atoms with Crippen molar-refractivity contribution in [3.05, 3.63) is 29.8 Å². The zero-order valence-electron chi connectivity index (χ0n) is 9.53. The molecule has 0 saturated heterocycles. The van der Waals surface area contributed by atoms with Gasteiger partial charge in [0.25, 0.3) is 0 Å². The van der Waals surface area contributed by atoms with Gasteiger partial charge in [0.15, 0.2) is 0 Å². The molecule has 0 saturated carbocycles. The summed E-state index contributed by atoms with van der Waals surface area (Å²) in [5.74, 6) is 0.845. The van der Waals surface area contributed by atoms with E-state index in [1.54, 1.807) is 7.05 Å². The van der Waals surface area contributed by atoms with E-state index in [-0.39, 0.29) is 5.91 Å². The lowest BCUT2D eigenvalue weighted by Crippen LogP contribution is -2.18. The smallest absolute Gasteiger partial charge is 0.219 e. The lowest BCUT2D eigenvalue weighted by atomic mass is 10.2. The van der Waals surface area contributed by atoms with Gasteiger partial charge in [-0.05, 0) is 12.5 Å². The number of hydrogen-bond donors (Lipinski definition) is 2. The molecular weight excluding hydrogens is 204 g/mol. The Labute approximate surface area is 95.8 Å². The number of rotatable bonds is 6. The molecule has 3 N–H and O–H groups in total. The maximum atomic E-state index is 11.0. The van der Waals surface area contributed by atoms with Crippen LogP contribution in [0.1, 0.15) is 18.4 Å². The number of nitrogens with two attached hydrogens (primary N) is 1. The Bertz CT molecular complexity index is 340. The van der Waals surface area contributed by atoms with E-state index in [1.165, 1.54) is 0 Å². The topological polar surface area (TPSA) is 64.3 Å². The van der Waals surface area contributed by atoms with Gasteiger partial charge in [-0.1, -0.05) is 18.2 Å². The highest BCUT2D eigenvalue weighted by Gasteiger charge is 2.01. The van der Waals surface area contributed by atoms with Crippen LogP contribution in [0.25, 0.3) is 0 Å². The minimum atomic E-state index is 0.0377. The zero-order valence-corrected chi connectivity index (χ0v) is 9.53. The molecule has 1 aromatic carbocycles. The number of benzene rings is 1. The van der Waals surface area contributed by atoms with Crippen molar-refractivity contribution in [3.63, 3.8) is 0 Å². The molecule has 1 amide bonds. The van der Waals surface area contributed by atoms with E-state index < -0.39 is 0 Å². The van der Waals surface area contributed by atoms with Crippen molar-refractivity contribution in [2.75, 3.05) is 13.7 Å². The maximum absolute atomic E-state index is 11.0. The van der Waals surface area contributed by atoms with E-state index in [0.717, 1.165) is 11.3 Å². The van der Waals surface area contributed by atoms with Gasteiger partial charge in [0.1, 0.15) is 5.75 Å². The summed E-state index contributed by atoms with van der Waals surface area (Å²) in [7, 11) is 1.63. The maximum Gasteiger partial charge on any atom is 0.219 e. The fourth-order valence-electron chi connectivity index (χ4n) is 1.35. The molecule has 88 valence electrons. The molecule has 16 heavy (non-hydrogen) atoms. The van der Waals surface area contributed by atoms with Gasteiger partial charge in [-0.3, -0.25) is 4.79 Å². The van der Waals surface area contributed by atoms with Gasteiger partial charge in [0.05, 0.1) is 6.61 Å². The summed E-state index contributed by atoms with van der Waals surface area (Å²) in [5.41, 5.74) is 6.57. The van der Waals surface area contributed by atoms with E-state index in [2.05, 4.69) is 5.32 Å². The van der Waals surface area contributed by atoms with Crippen molar-refractivity contribution in [1.29, 1.82) is 0 Å². The van der Waals surface area contributed by atoms with Crippen LogP contribution in [0.3, 0.4) is 0 Å². The van der Waals surface area contributed by atoms with Crippen LogP contribution < -0.4 is 15.8 Å². The molecule has 0 atom stereocenters. The van der Waals surface area contributed by atoms with Gasteiger partial charge in [-0.25, -0.2) is 0 Å². The van der Waals surface area contributed by atoms with E-state index in [0.29, 0.717) is 26.0 Å². The van der Waals surface area contributed by atoms with Crippen molar-refractivity contribution >= 4 is 5.91 Å². The number of hydrogen-bond acceptors (Lipinski definition) is 3. The summed E-state index contributed by atoms with van der Waals surface area (Å²) < 4.78 is 5.56. The minimum absolute atomic E-state index is 0.0377. The molecule has 1 rings (SSSR count). The fourth-order valence-corrected chi connectivity index (χ4v) is 1.35. The van der Waals surface area contributed by atoms with Gasteiger partial charge in [-0.2, -0.15) is 0 Å². The molecular formula is C12H18N2O2. The molecule has 0 unspecified atom stereocenters. The first-order valence-electron chi connectivity index (χ1n) is 5.39. The lowest BCUT2D eigenvalue weighted by molar-refractivity contribution is -0.120. The molecule has 0 aliphatic carbocycles. The van der Waals surface area contributed by atoms with Crippen LogP contribution in [0, 0.1) is 0 Å². The Balaban J connectivity index is 2.34. The third kappa shape index (κ3) is 3.90. The number of nitrogens with one attached hydrogen (secondary N) is 1. The number of para-hydroxylation sites is 1. The Morgan fingerprint density at radius 3 is 2.88 bits per heavy atom. The largest absolute Gasteiger partial charge is 0.493 e. The highest BCUT2D eigenvalue weighted by Crippen LogP contribution is 2.17. The molecule has 0 aliphatic rings. The van der Waals surface area contributed by atoms with Crippen LogP contribution in [0.15, 0.2) is 24.3 Å². The van der Waals surface area contributed by atoms with Gasteiger partial charge in [-0.15, -0.1) is 0 Å². The predicted octanol–water partition coefficient (Wildman–Crippen LogP) is 1.05. The third-order valence-electron chi connectivity index (χ3n) is 2.28. The van der Waals surface area contributed by atoms with Crippen LogP contribution in [-0.4, -0.2) is 19.6 Å². The van der Waals surface area contributed by atoms with Crippen molar-refractivity contribution in [2.45, 2.75) is 19.4 Å². The minimum Gasteiger partial charge on any atom is -0.493 e. The molecule has 0 heterocycles. The van der Waals surface area contributed by atoms with E-state index >= 15 is 0 Å². The quantitative estimate of drug-likeness (QED) is 0.707. The Morgan fingerprint density at radius 2 is 2.19 bits per heavy atom. The molecule has 0 radical (unpaired) electrons. The second-order valence-corrected chi connectivity index (χ2v) is 3.44. The second-order valence-electron chi connectivity index (χ2n) is 3.44. The molecule has 1 aromatic rings. The molecule has 0 bridgehead atoms. The van der Waals surface area contributed by atoms with Crippen LogP contribution in [0.4, 0.5) is 0 Å². The summed E-state index contributed by atoms with van der Waals surface area (Å²) >= 11 is 0. The van der Waals surface area contributed by atoms with E-state index in [9.17, 15) is 4.79 Å². The Kier molecular flexibility index (Phi) is 5.36. The summed E-state index contributed by atoms with van der Waals surface area (Å²) in [6.07, 6.45) is 1.19. The summed E-state index contributed by atoms with van der Waals surface area (Å²) in [4.78, 5) is 11.0. The second kappa shape index (κ2) is 6.85. The zero-order chi connectivity index (χ0) is 11.8. The van der Waals surface area contributed by atoms with Gasteiger partial charge in [0.2, 0.25) is 5.91 Å². The van der Waals surface area contributed by atoms with Gasteiger partial charge < -0.3 is 15.8 Å². The number of carbonyl (C=O) groups excluding carboxylic acids is 1. The van der Waals surface area contributed by atoms with Gasteiger partial charge in [0, 0.05) is 25.6 Å². The van der Waals surface area contributed by atoms with E-state index in [4.69, 9.17) is 10.5 Å². The standard InChI is InChI=1S/C12H18N2O2/c1-14-12(15)7-4-8-16-11-6-3-2-5-10(11)9-13/h2-3,5-6H,4,7-9,13H2,1H3,(H,14,15). The first-order valence-corrected chi connectivity index (χ1v) is 5.39. The highest BCUT2D eigenvalue weighted by molar-refractivity contribution is 5.75. The Hall–Kier alpha value is -1.55. The number of carbonyl (C=O) groups is 1. The molecule has 0 fully saturated rings. The van der Waals surface area contributed by atoms with E-state index in [1.807, 2.05) is 24.3 Å². The van der Waals surface area contributed by atoms with Gasteiger partial charge >= 0.3 is 0 Å².